The molecule has 2 aromatic heterocycles. The number of pyridine rings is 1. The van der Waals surface area contributed by atoms with Gasteiger partial charge in [-0.05, 0) is 55.0 Å². The molecule has 9 heteroatoms. The van der Waals surface area contributed by atoms with Gasteiger partial charge in [-0.3, -0.25) is 4.98 Å². The van der Waals surface area contributed by atoms with Gasteiger partial charge in [-0.1, -0.05) is 42.5 Å². The second kappa shape index (κ2) is 10.3. The highest BCUT2D eigenvalue weighted by Crippen LogP contribution is 2.33. The molecule has 186 valence electrons. The first kappa shape index (κ1) is 24.4. The maximum Gasteiger partial charge on any atom is 0.241 e. The number of anilines is 2. The molecule has 0 unspecified atom stereocenters. The van der Waals surface area contributed by atoms with Crippen molar-refractivity contribution < 1.29 is 13.2 Å². The molecule has 0 radical (unpaired) electrons. The number of benzene rings is 3. The number of ether oxygens (including phenoxy) is 1. The van der Waals surface area contributed by atoms with Crippen molar-refractivity contribution in [2.24, 2.45) is 0 Å². The topological polar surface area (TPSA) is 106 Å². The normalized spacial score (nSPS) is 11.4. The van der Waals surface area contributed by atoms with Gasteiger partial charge in [0, 0.05) is 28.2 Å². The number of hydrogen-bond acceptors (Lipinski definition) is 7. The number of hydrogen-bond donors (Lipinski definition) is 2. The maximum atomic E-state index is 13.2. The molecule has 3 aromatic carbocycles. The number of nitrogens with one attached hydrogen (secondary N) is 2. The molecule has 8 nitrogen and oxygen atoms in total. The molecule has 0 aliphatic carbocycles. The van der Waals surface area contributed by atoms with Gasteiger partial charge in [0.25, 0.3) is 0 Å². The predicted octanol–water partition coefficient (Wildman–Crippen LogP) is 5.23. The zero-order chi connectivity index (χ0) is 25.8. The van der Waals surface area contributed by atoms with E-state index in [1.807, 2.05) is 60.7 Å². The van der Waals surface area contributed by atoms with Gasteiger partial charge in [0.1, 0.15) is 11.4 Å². The van der Waals surface area contributed by atoms with E-state index in [0.29, 0.717) is 28.3 Å². The largest absolute Gasteiger partial charge is 0.497 e. The van der Waals surface area contributed by atoms with Gasteiger partial charge in [0.05, 0.1) is 24.2 Å². The zero-order valence-electron chi connectivity index (χ0n) is 20.3. The van der Waals surface area contributed by atoms with Gasteiger partial charge in [0.15, 0.2) is 5.82 Å². The first-order valence-electron chi connectivity index (χ1n) is 11.6. The quantitative estimate of drug-likeness (QED) is 0.294. The van der Waals surface area contributed by atoms with Gasteiger partial charge in [-0.15, -0.1) is 10.2 Å². The van der Waals surface area contributed by atoms with Crippen LogP contribution in [-0.4, -0.2) is 30.7 Å². The summed E-state index contributed by atoms with van der Waals surface area (Å²) in [6.45, 7) is 1.87. The van der Waals surface area contributed by atoms with Crippen LogP contribution in [0.25, 0.3) is 22.0 Å². The molecule has 0 atom stereocenters. The fourth-order valence-electron chi connectivity index (χ4n) is 4.01. The van der Waals surface area contributed by atoms with Crippen LogP contribution in [0.3, 0.4) is 0 Å². The van der Waals surface area contributed by atoms with Crippen molar-refractivity contribution in [2.75, 3.05) is 12.4 Å². The molecule has 0 saturated carbocycles. The van der Waals surface area contributed by atoms with Crippen LogP contribution in [0.5, 0.6) is 5.75 Å². The number of nitrogens with zero attached hydrogens (tertiary/aromatic N) is 3. The van der Waals surface area contributed by atoms with E-state index in [2.05, 4.69) is 25.2 Å². The predicted molar refractivity (Wildman–Crippen MR) is 144 cm³/mol. The summed E-state index contributed by atoms with van der Waals surface area (Å²) in [5.41, 5.74) is 3.36. The summed E-state index contributed by atoms with van der Waals surface area (Å²) in [7, 11) is -2.16. The number of sulfonamides is 1. The summed E-state index contributed by atoms with van der Waals surface area (Å²) in [6.07, 6.45) is 1.63. The highest BCUT2D eigenvalue weighted by atomic mass is 32.2. The van der Waals surface area contributed by atoms with Crippen molar-refractivity contribution in [1.82, 2.24) is 19.9 Å². The first-order chi connectivity index (χ1) is 17.9. The maximum absolute atomic E-state index is 13.2. The van der Waals surface area contributed by atoms with Crippen molar-refractivity contribution in [2.45, 2.75) is 18.4 Å². The zero-order valence-corrected chi connectivity index (χ0v) is 21.2. The number of methoxy groups -OCH3 is 1. The smallest absolute Gasteiger partial charge is 0.241 e. The van der Waals surface area contributed by atoms with E-state index in [-0.39, 0.29) is 11.4 Å². The Labute approximate surface area is 215 Å². The second-order valence-electron chi connectivity index (χ2n) is 8.42. The monoisotopic (exact) mass is 511 g/mol. The van der Waals surface area contributed by atoms with Crippen LogP contribution in [0.2, 0.25) is 0 Å². The van der Waals surface area contributed by atoms with Gasteiger partial charge in [-0.25, -0.2) is 13.1 Å². The Morgan fingerprint density at radius 1 is 0.865 bits per heavy atom. The van der Waals surface area contributed by atoms with Crippen molar-refractivity contribution in [3.05, 3.63) is 102 Å². The molecule has 2 N–H and O–H groups in total. The third-order valence-corrected chi connectivity index (χ3v) is 7.50. The average molecular weight is 512 g/mol. The van der Waals surface area contributed by atoms with Gasteiger partial charge >= 0.3 is 0 Å². The Balaban J connectivity index is 1.49. The van der Waals surface area contributed by atoms with Crippen LogP contribution in [0.15, 0.2) is 96.0 Å². The molecule has 0 fully saturated rings. The molecule has 0 spiro atoms. The first-order valence-corrected chi connectivity index (χ1v) is 13.1. The molecule has 5 aromatic rings. The number of aromatic nitrogens is 3. The van der Waals surface area contributed by atoms with Crippen LogP contribution in [0, 0.1) is 6.92 Å². The lowest BCUT2D eigenvalue weighted by Crippen LogP contribution is -2.24. The Hall–Kier alpha value is -4.34. The van der Waals surface area contributed by atoms with Crippen molar-refractivity contribution >= 4 is 32.3 Å². The highest BCUT2D eigenvalue weighted by Gasteiger charge is 2.19. The summed E-state index contributed by atoms with van der Waals surface area (Å²) >= 11 is 0. The van der Waals surface area contributed by atoms with Crippen LogP contribution >= 0.6 is 0 Å². The Morgan fingerprint density at radius 2 is 1.62 bits per heavy atom. The minimum absolute atomic E-state index is 0.0985. The second-order valence-corrected chi connectivity index (χ2v) is 10.2. The molecule has 0 aliphatic heterocycles. The van der Waals surface area contributed by atoms with Crippen LogP contribution in [0.4, 0.5) is 11.5 Å². The molecule has 37 heavy (non-hydrogen) atoms. The van der Waals surface area contributed by atoms with E-state index in [1.165, 1.54) is 0 Å². The average Bonchev–Trinajstić information content (AvgIpc) is 2.93. The summed E-state index contributed by atoms with van der Waals surface area (Å²) in [4.78, 5) is 4.37. The number of fused-ring (bicyclic) bond motifs is 1. The van der Waals surface area contributed by atoms with Crippen molar-refractivity contribution in [3.63, 3.8) is 0 Å². The number of rotatable bonds is 8. The lowest BCUT2D eigenvalue weighted by Gasteiger charge is -2.14. The lowest BCUT2D eigenvalue weighted by molar-refractivity contribution is 0.415. The summed E-state index contributed by atoms with van der Waals surface area (Å²) < 4.78 is 34.2. The molecule has 5 rings (SSSR count). The molecule has 2 heterocycles. The van der Waals surface area contributed by atoms with E-state index in [9.17, 15) is 8.42 Å². The highest BCUT2D eigenvalue weighted by molar-refractivity contribution is 7.89. The molecular weight excluding hydrogens is 486 g/mol. The fourth-order valence-corrected chi connectivity index (χ4v) is 5.27. The van der Waals surface area contributed by atoms with Crippen molar-refractivity contribution in [3.8, 4) is 17.0 Å². The van der Waals surface area contributed by atoms with Gasteiger partial charge in [-0.2, -0.15) is 0 Å². The SMILES string of the molecule is COc1ccc(Nc2nnc(-c3ccc(C)c(S(=O)(=O)NCc4ccccn4)c3)c3ccccc23)cc1. The van der Waals surface area contributed by atoms with E-state index < -0.39 is 10.0 Å². The Bertz CT molecular complexity index is 1660. The van der Waals surface area contributed by atoms with Crippen molar-refractivity contribution in [1.29, 1.82) is 0 Å². The van der Waals surface area contributed by atoms with E-state index in [0.717, 1.165) is 22.2 Å². The fraction of sp³-hybridized carbons (Fsp3) is 0.107. The number of aryl methyl sites for hydroxylation is 1. The third kappa shape index (κ3) is 5.28. The molecule has 0 bridgehead atoms. The molecule has 0 amide bonds. The van der Waals surface area contributed by atoms with Crippen LogP contribution in [0.1, 0.15) is 11.3 Å². The standard InChI is InChI=1S/C28H25N5O3S/c1-19-10-11-20(17-26(19)37(34,35)30-18-22-7-5-6-16-29-22)27-24-8-3-4-9-25(24)28(33-32-27)31-21-12-14-23(36-2)15-13-21/h3-17,30H,18H2,1-2H3,(H,31,33). The van der Waals surface area contributed by atoms with Gasteiger partial charge < -0.3 is 10.1 Å². The molecular formula is C28H25N5O3S. The van der Waals surface area contributed by atoms with Crippen LogP contribution < -0.4 is 14.8 Å². The lowest BCUT2D eigenvalue weighted by atomic mass is 10.0. The summed E-state index contributed by atoms with van der Waals surface area (Å²) in [6, 6.07) is 26.0. The van der Waals surface area contributed by atoms with E-state index in [4.69, 9.17) is 4.74 Å². The third-order valence-electron chi connectivity index (χ3n) is 5.96. The van der Waals surface area contributed by atoms with Crippen LogP contribution in [-0.2, 0) is 16.6 Å². The Kier molecular flexibility index (Phi) is 6.80. The minimum Gasteiger partial charge on any atom is -0.497 e. The minimum atomic E-state index is -3.79. The molecule has 0 saturated heterocycles. The molecule has 0 aliphatic rings. The Morgan fingerprint density at radius 3 is 2.35 bits per heavy atom. The van der Waals surface area contributed by atoms with E-state index in [1.54, 1.807) is 44.5 Å². The summed E-state index contributed by atoms with van der Waals surface area (Å²) in [5, 5.41) is 14.0. The van der Waals surface area contributed by atoms with E-state index >= 15 is 0 Å². The summed E-state index contributed by atoms with van der Waals surface area (Å²) in [5.74, 6) is 1.36. The van der Waals surface area contributed by atoms with Gasteiger partial charge in [0.2, 0.25) is 10.0 Å².